The van der Waals surface area contributed by atoms with Crippen molar-refractivity contribution in [1.82, 2.24) is 0 Å². The molecule has 2 amide bonds. The van der Waals surface area contributed by atoms with Crippen molar-refractivity contribution in [1.29, 1.82) is 0 Å². The van der Waals surface area contributed by atoms with Gasteiger partial charge in [0.15, 0.2) is 5.79 Å². The summed E-state index contributed by atoms with van der Waals surface area (Å²) < 4.78 is 7.06. The van der Waals surface area contributed by atoms with E-state index in [0.29, 0.717) is 30.5 Å². The van der Waals surface area contributed by atoms with Crippen molar-refractivity contribution in [2.45, 2.75) is 44.5 Å². The highest BCUT2D eigenvalue weighted by Crippen LogP contribution is 2.60. The molecule has 3 aliphatic rings. The molecule has 2 aliphatic heterocycles. The highest BCUT2D eigenvalue weighted by atomic mass is 79.9. The second kappa shape index (κ2) is 7.97. The number of imide groups is 1. The minimum atomic E-state index is -1.51. The molecule has 5 rings (SSSR count). The number of amides is 2. The summed E-state index contributed by atoms with van der Waals surface area (Å²) in [6, 6.07) is 14.1. The number of carbonyl (C=O) groups is 2. The highest BCUT2D eigenvalue weighted by Gasteiger charge is 2.66. The Morgan fingerprint density at radius 1 is 1.12 bits per heavy atom. The highest BCUT2D eigenvalue weighted by molar-refractivity contribution is 9.10. The fraction of sp³-hybridized carbons (Fsp3) is 0.440. The van der Waals surface area contributed by atoms with Crippen LogP contribution in [0, 0.1) is 23.7 Å². The van der Waals surface area contributed by atoms with Crippen LogP contribution in [-0.4, -0.2) is 27.8 Å². The third-order valence-electron chi connectivity index (χ3n) is 7.35. The molecular weight excluding hydrogens is 474 g/mol. The van der Waals surface area contributed by atoms with Gasteiger partial charge in [0, 0.05) is 21.9 Å². The molecule has 2 aromatic rings. The van der Waals surface area contributed by atoms with E-state index >= 15 is 0 Å². The lowest BCUT2D eigenvalue weighted by atomic mass is 9.63. The Hall–Kier alpha value is -2.22. The number of ether oxygens (including phenoxy) is 1. The lowest BCUT2D eigenvalue weighted by Crippen LogP contribution is -2.53. The van der Waals surface area contributed by atoms with E-state index in [4.69, 9.17) is 4.74 Å². The molecule has 7 heteroatoms. The maximum absolute atomic E-state index is 13.5. The monoisotopic (exact) mass is 499 g/mol. The predicted octanol–water partition coefficient (Wildman–Crippen LogP) is 4.55. The predicted molar refractivity (Wildman–Crippen MR) is 122 cm³/mol. The van der Waals surface area contributed by atoms with Crippen LogP contribution in [0.3, 0.4) is 0 Å². The van der Waals surface area contributed by atoms with Crippen LogP contribution in [0.1, 0.15) is 44.3 Å². The number of aromatic hydroxyl groups is 1. The van der Waals surface area contributed by atoms with Crippen LogP contribution in [0.25, 0.3) is 0 Å². The van der Waals surface area contributed by atoms with E-state index in [1.165, 1.54) is 4.90 Å². The van der Waals surface area contributed by atoms with Gasteiger partial charge < -0.3 is 14.9 Å². The second-order valence-corrected chi connectivity index (χ2v) is 10.0. The summed E-state index contributed by atoms with van der Waals surface area (Å²) >= 11 is 3.43. The Labute approximate surface area is 195 Å². The van der Waals surface area contributed by atoms with Crippen molar-refractivity contribution >= 4 is 33.4 Å². The Morgan fingerprint density at radius 2 is 1.88 bits per heavy atom. The van der Waals surface area contributed by atoms with E-state index in [1.54, 1.807) is 42.5 Å². The average molecular weight is 500 g/mol. The zero-order valence-corrected chi connectivity index (χ0v) is 19.4. The van der Waals surface area contributed by atoms with Crippen LogP contribution >= 0.6 is 15.9 Å². The number of hydrogen-bond acceptors (Lipinski definition) is 5. The summed E-state index contributed by atoms with van der Waals surface area (Å²) in [6.07, 6.45) is 1.74. The second-order valence-electron chi connectivity index (χ2n) is 9.10. The Bertz CT molecular complexity index is 1060. The van der Waals surface area contributed by atoms with Crippen LogP contribution in [-0.2, 0) is 14.3 Å². The number of halogens is 1. The number of rotatable bonds is 4. The lowest BCUT2D eigenvalue weighted by molar-refractivity contribution is -0.270. The summed E-state index contributed by atoms with van der Waals surface area (Å²) in [5, 5.41) is 22.2. The van der Waals surface area contributed by atoms with E-state index in [2.05, 4.69) is 15.9 Å². The number of anilines is 1. The summed E-state index contributed by atoms with van der Waals surface area (Å²) in [7, 11) is 0. The molecule has 168 valence electrons. The number of hydrogen-bond donors (Lipinski definition) is 2. The van der Waals surface area contributed by atoms with Gasteiger partial charge in [-0.15, -0.1) is 0 Å². The molecule has 32 heavy (non-hydrogen) atoms. The molecule has 1 aliphatic carbocycles. The van der Waals surface area contributed by atoms with Gasteiger partial charge in [-0.1, -0.05) is 47.5 Å². The molecule has 2 aromatic carbocycles. The molecule has 6 atom stereocenters. The lowest BCUT2D eigenvalue weighted by Gasteiger charge is -2.44. The van der Waals surface area contributed by atoms with Gasteiger partial charge >= 0.3 is 0 Å². The summed E-state index contributed by atoms with van der Waals surface area (Å²) in [5.74, 6) is -3.78. The standard InChI is InChI=1S/C25H26BrNO5/c1-2-6-14-11-18-22(24(30)27(23(18)29)16-7-4-3-5-8-16)19-13-21(32-25(14,19)31)17-12-15(26)9-10-20(17)28/h3-5,7-10,12,14,18-19,21-22,28,31H,2,6,11,13H2,1H3/t14-,18-,19-,21-,22-,25+/m0/s1. The van der Waals surface area contributed by atoms with E-state index in [0.717, 1.165) is 10.9 Å². The maximum Gasteiger partial charge on any atom is 0.238 e. The van der Waals surface area contributed by atoms with Crippen molar-refractivity contribution in [2.24, 2.45) is 23.7 Å². The largest absolute Gasteiger partial charge is 0.508 e. The van der Waals surface area contributed by atoms with Gasteiger partial charge in [0.1, 0.15) is 5.75 Å². The minimum absolute atomic E-state index is 0.0868. The third-order valence-corrected chi connectivity index (χ3v) is 7.85. The van der Waals surface area contributed by atoms with Crippen molar-refractivity contribution < 1.29 is 24.5 Å². The Kier molecular flexibility index (Phi) is 5.39. The van der Waals surface area contributed by atoms with Crippen LogP contribution < -0.4 is 4.90 Å². The quantitative estimate of drug-likeness (QED) is 0.602. The first-order valence-corrected chi connectivity index (χ1v) is 12.0. The minimum Gasteiger partial charge on any atom is -0.508 e. The van der Waals surface area contributed by atoms with Crippen LogP contribution in [0.4, 0.5) is 5.69 Å². The molecule has 0 aromatic heterocycles. The topological polar surface area (TPSA) is 87.1 Å². The number of carbonyl (C=O) groups excluding carboxylic acids is 2. The first kappa shape index (κ1) is 21.6. The average Bonchev–Trinajstić information content (AvgIpc) is 3.25. The number of benzene rings is 2. The molecule has 3 fully saturated rings. The molecule has 6 nitrogen and oxygen atoms in total. The SMILES string of the molecule is CCC[C@H]1C[C@@H]2C(=O)N(c3ccccc3)C(=O)[C@@H]2[C@@H]2C[C@@H](c3cc(Br)ccc3O)O[C@]12O. The summed E-state index contributed by atoms with van der Waals surface area (Å²) in [6.45, 7) is 2.04. The van der Waals surface area contributed by atoms with Gasteiger partial charge in [-0.05, 0) is 49.6 Å². The van der Waals surface area contributed by atoms with Crippen LogP contribution in [0.15, 0.2) is 53.0 Å². The maximum atomic E-state index is 13.5. The Morgan fingerprint density at radius 3 is 2.59 bits per heavy atom. The first-order valence-electron chi connectivity index (χ1n) is 11.2. The normalized spacial score (nSPS) is 34.0. The number of nitrogens with zero attached hydrogens (tertiary/aromatic N) is 1. The number of fused-ring (bicyclic) bond motifs is 3. The van der Waals surface area contributed by atoms with E-state index in [1.807, 2.05) is 13.0 Å². The van der Waals surface area contributed by atoms with Gasteiger partial charge in [0.25, 0.3) is 0 Å². The fourth-order valence-electron chi connectivity index (χ4n) is 5.97. The fourth-order valence-corrected chi connectivity index (χ4v) is 6.35. The smallest absolute Gasteiger partial charge is 0.238 e. The van der Waals surface area contributed by atoms with Crippen molar-refractivity contribution in [3.8, 4) is 5.75 Å². The molecule has 2 saturated heterocycles. The van der Waals surface area contributed by atoms with Gasteiger partial charge in [-0.3, -0.25) is 14.5 Å². The molecule has 0 radical (unpaired) electrons. The van der Waals surface area contributed by atoms with E-state index in [-0.39, 0.29) is 23.5 Å². The molecule has 2 heterocycles. The van der Waals surface area contributed by atoms with Crippen molar-refractivity contribution in [3.63, 3.8) is 0 Å². The van der Waals surface area contributed by atoms with Crippen molar-refractivity contribution in [3.05, 3.63) is 58.6 Å². The number of phenolic OH excluding ortho intramolecular Hbond substituents is 1. The van der Waals surface area contributed by atoms with Gasteiger partial charge in [0.2, 0.25) is 11.8 Å². The Balaban J connectivity index is 1.55. The zero-order chi connectivity index (χ0) is 22.6. The summed E-state index contributed by atoms with van der Waals surface area (Å²) in [5.41, 5.74) is 1.14. The molecular formula is C25H26BrNO5. The number of phenols is 1. The molecule has 1 saturated carbocycles. The zero-order valence-electron chi connectivity index (χ0n) is 17.8. The van der Waals surface area contributed by atoms with Crippen LogP contribution in [0.2, 0.25) is 0 Å². The molecule has 0 spiro atoms. The van der Waals surface area contributed by atoms with Crippen molar-refractivity contribution in [2.75, 3.05) is 4.90 Å². The van der Waals surface area contributed by atoms with Crippen LogP contribution in [0.5, 0.6) is 5.75 Å². The molecule has 0 bridgehead atoms. The van der Waals surface area contributed by atoms with Gasteiger partial charge in [-0.2, -0.15) is 0 Å². The number of aliphatic hydroxyl groups is 1. The summed E-state index contributed by atoms with van der Waals surface area (Å²) in [4.78, 5) is 28.2. The molecule has 0 unspecified atom stereocenters. The van der Waals surface area contributed by atoms with E-state index < -0.39 is 29.6 Å². The number of para-hydroxylation sites is 1. The first-order chi connectivity index (χ1) is 15.3. The van der Waals surface area contributed by atoms with Gasteiger partial charge in [0.05, 0.1) is 23.6 Å². The third kappa shape index (κ3) is 3.21. The molecule has 2 N–H and O–H groups in total. The van der Waals surface area contributed by atoms with Gasteiger partial charge in [-0.25, -0.2) is 0 Å². The van der Waals surface area contributed by atoms with E-state index in [9.17, 15) is 19.8 Å².